The minimum atomic E-state index is -7.22. The van der Waals surface area contributed by atoms with Gasteiger partial charge in [0.2, 0.25) is 0 Å². The lowest BCUT2D eigenvalue weighted by Crippen LogP contribution is -2.81. The molecule has 0 aromatic heterocycles. The van der Waals surface area contributed by atoms with Crippen molar-refractivity contribution in [3.05, 3.63) is 146 Å². The van der Waals surface area contributed by atoms with Crippen LogP contribution in [0.4, 0.5) is 87.8 Å². The monoisotopic (exact) mass is 859 g/mol. The molecule has 2 nitrogen and oxygen atoms in total. The molecule has 5 rings (SSSR count). The first-order valence-corrected chi connectivity index (χ1v) is 16.4. The summed E-state index contributed by atoms with van der Waals surface area (Å²) in [6, 6.07) is 9.18. The van der Waals surface area contributed by atoms with Crippen molar-refractivity contribution < 1.29 is 92.0 Å². The second kappa shape index (κ2) is 16.1. The van der Waals surface area contributed by atoms with E-state index in [1.807, 2.05) is 24.6 Å². The molecule has 0 saturated heterocycles. The maximum atomic E-state index is 15.4. The van der Waals surface area contributed by atoms with Crippen LogP contribution in [-0.2, 0) is 11.2 Å². The van der Waals surface area contributed by atoms with E-state index in [-0.39, 0.29) is 11.2 Å². The van der Waals surface area contributed by atoms with E-state index in [9.17, 15) is 52.7 Å². The van der Waals surface area contributed by atoms with Gasteiger partial charge in [-0.25, -0.2) is 87.8 Å². The second-order valence-electron chi connectivity index (χ2n) is 11.3. The summed E-state index contributed by atoms with van der Waals surface area (Å²) in [5, 5.41) is 8.52. The van der Waals surface area contributed by atoms with E-state index >= 15 is 35.1 Å². The van der Waals surface area contributed by atoms with E-state index in [4.69, 9.17) is 9.44 Å². The standard InChI is InChI=1S/C24BF20.C9H10NOS/c26-5-1(6(27)14(35)21(42)13(5)34)25(2-7(28)15(36)22(43)16(37)8(2)29,3-9(30)17(38)23(44)18(39)10(3)31)4-11(32)19(40)24(45)20(41)12(4)33;1-12(2)11-9-5-3-8(7-10)4-6-9/h;3-6H,1-2H3/q-1;+1. The fourth-order valence-electron chi connectivity index (χ4n) is 5.65. The van der Waals surface area contributed by atoms with Gasteiger partial charge in [-0.1, -0.05) is 0 Å². The molecule has 0 spiro atoms. The molecule has 0 aliphatic carbocycles. The topological polar surface area (TPSA) is 33.0 Å². The molecule has 5 aromatic rings. The van der Waals surface area contributed by atoms with Crippen LogP contribution >= 0.6 is 0 Å². The Morgan fingerprint density at radius 1 is 0.368 bits per heavy atom. The third-order valence-electron chi connectivity index (χ3n) is 7.95. The van der Waals surface area contributed by atoms with Crippen molar-refractivity contribution >= 4 is 39.2 Å². The molecule has 5 aromatic carbocycles. The van der Waals surface area contributed by atoms with Gasteiger partial charge in [0.15, 0.2) is 86.7 Å². The van der Waals surface area contributed by atoms with Crippen LogP contribution in [-0.4, -0.2) is 18.7 Å². The van der Waals surface area contributed by atoms with Crippen molar-refractivity contribution in [2.45, 2.75) is 0 Å². The Bertz CT molecular complexity index is 2110. The number of halogens is 20. The average Bonchev–Trinajstić information content (AvgIpc) is 3.18. The molecule has 302 valence electrons. The van der Waals surface area contributed by atoms with Crippen molar-refractivity contribution in [3.8, 4) is 11.8 Å². The predicted molar refractivity (Wildman–Crippen MR) is 160 cm³/mol. The van der Waals surface area contributed by atoms with Gasteiger partial charge in [-0.3, -0.25) is 4.18 Å². The van der Waals surface area contributed by atoms with Crippen LogP contribution in [0.3, 0.4) is 0 Å². The zero-order chi connectivity index (χ0) is 43.3. The summed E-state index contributed by atoms with van der Waals surface area (Å²) in [5.74, 6) is -70.6. The molecule has 0 aliphatic heterocycles. The highest BCUT2D eigenvalue weighted by molar-refractivity contribution is 7.91. The van der Waals surface area contributed by atoms with Gasteiger partial charge in [-0.05, 0) is 24.3 Å². The Morgan fingerprint density at radius 2 is 0.561 bits per heavy atom. The SMILES string of the molecule is C[S+](C)Oc1ccc(C#N)cc1.Fc1c(F)c(F)c([B-](c2c(F)c(F)c(F)c(F)c2F)(c2c(F)c(F)c(F)c(F)c2F)c2c(F)c(F)c(F)c(F)c2F)c(F)c1F. The van der Waals surface area contributed by atoms with Crippen LogP contribution in [0.25, 0.3) is 0 Å². The Kier molecular flexibility index (Phi) is 12.5. The van der Waals surface area contributed by atoms with Crippen molar-refractivity contribution in [1.82, 2.24) is 0 Å². The number of nitrogens with zero attached hydrogens (tertiary/aromatic N) is 1. The van der Waals surface area contributed by atoms with Crippen LogP contribution in [0.2, 0.25) is 0 Å². The first-order valence-electron chi connectivity index (χ1n) is 14.4. The molecule has 0 amide bonds. The molecule has 0 aliphatic rings. The van der Waals surface area contributed by atoms with E-state index in [2.05, 4.69) is 6.07 Å². The third kappa shape index (κ3) is 6.94. The lowest BCUT2D eigenvalue weighted by Gasteiger charge is -2.44. The lowest BCUT2D eigenvalue weighted by atomic mass is 9.12. The Labute approximate surface area is 307 Å². The maximum Gasteiger partial charge on any atom is 0.200 e. The smallest absolute Gasteiger partial charge is 0.200 e. The first kappa shape index (κ1) is 44.1. The van der Waals surface area contributed by atoms with Gasteiger partial charge in [0, 0.05) is 0 Å². The fraction of sp³-hybridized carbons (Fsp3) is 0.0606. The molecule has 0 N–H and O–H groups in total. The molecule has 0 unspecified atom stereocenters. The van der Waals surface area contributed by atoms with Crippen LogP contribution in [0, 0.1) is 128 Å². The van der Waals surface area contributed by atoms with E-state index < -0.39 is 144 Å². The number of hydrogen-bond acceptors (Lipinski definition) is 2. The summed E-state index contributed by atoms with van der Waals surface area (Å²) in [6.45, 7) is 0. The minimum Gasteiger partial charge on any atom is -0.287 e. The van der Waals surface area contributed by atoms with Crippen molar-refractivity contribution in [2.75, 3.05) is 12.5 Å². The summed E-state index contributed by atoms with van der Waals surface area (Å²) in [4.78, 5) is 0. The molecular formula is C33H10BF20NOS. The Balaban J connectivity index is 0.000000512. The fourth-order valence-corrected chi connectivity index (χ4v) is 6.15. The molecule has 0 radical (unpaired) electrons. The average molecular weight is 859 g/mol. The largest absolute Gasteiger partial charge is 0.287 e. The van der Waals surface area contributed by atoms with Crippen LogP contribution in [0.1, 0.15) is 5.56 Å². The van der Waals surface area contributed by atoms with E-state index in [1.165, 1.54) is 0 Å². The summed E-state index contributed by atoms with van der Waals surface area (Å²) < 4.78 is 299. The molecule has 0 saturated carbocycles. The van der Waals surface area contributed by atoms with Gasteiger partial charge in [-0.2, -0.15) is 5.26 Å². The Morgan fingerprint density at radius 3 is 0.737 bits per heavy atom. The van der Waals surface area contributed by atoms with Crippen molar-refractivity contribution in [3.63, 3.8) is 0 Å². The zero-order valence-corrected chi connectivity index (χ0v) is 28.0. The number of nitriles is 1. The third-order valence-corrected chi connectivity index (χ3v) is 8.48. The molecule has 0 heterocycles. The Hall–Kier alpha value is -5.60. The number of hydrogen-bond donors (Lipinski definition) is 0. The second-order valence-corrected chi connectivity index (χ2v) is 12.9. The predicted octanol–water partition coefficient (Wildman–Crippen LogP) is 7.58. The molecular weight excluding hydrogens is 849 g/mol. The molecule has 0 fully saturated rings. The number of rotatable bonds is 6. The number of benzene rings is 5. The normalized spacial score (nSPS) is 11.5. The van der Waals surface area contributed by atoms with Crippen molar-refractivity contribution in [2.24, 2.45) is 0 Å². The zero-order valence-electron chi connectivity index (χ0n) is 27.2. The highest BCUT2D eigenvalue weighted by Gasteiger charge is 2.52. The highest BCUT2D eigenvalue weighted by atomic mass is 32.2. The van der Waals surface area contributed by atoms with Gasteiger partial charge >= 0.3 is 0 Å². The van der Waals surface area contributed by atoms with Gasteiger partial charge in [0.05, 0.1) is 11.6 Å². The van der Waals surface area contributed by atoms with Gasteiger partial charge in [0.25, 0.3) is 0 Å². The van der Waals surface area contributed by atoms with E-state index in [0.717, 1.165) is 5.75 Å². The van der Waals surface area contributed by atoms with E-state index in [0.29, 0.717) is 5.56 Å². The molecule has 0 atom stereocenters. The highest BCUT2D eigenvalue weighted by Crippen LogP contribution is 2.30. The summed E-state index contributed by atoms with van der Waals surface area (Å²) in [5.41, 5.74) is -13.7. The van der Waals surface area contributed by atoms with Gasteiger partial charge in [-0.15, -0.1) is 21.9 Å². The quantitative estimate of drug-likeness (QED) is 0.0581. The molecule has 24 heteroatoms. The van der Waals surface area contributed by atoms with Crippen LogP contribution in [0.5, 0.6) is 5.75 Å². The van der Waals surface area contributed by atoms with E-state index in [1.54, 1.807) is 12.1 Å². The van der Waals surface area contributed by atoms with Crippen molar-refractivity contribution in [1.29, 1.82) is 5.26 Å². The lowest BCUT2D eigenvalue weighted by molar-refractivity contribution is 0.378. The minimum absolute atomic E-state index is 0.0580. The molecule has 0 bridgehead atoms. The van der Waals surface area contributed by atoms with Crippen LogP contribution < -0.4 is 26.0 Å². The molecule has 57 heavy (non-hydrogen) atoms. The van der Waals surface area contributed by atoms with Gasteiger partial charge in [0.1, 0.15) is 65.2 Å². The summed E-state index contributed by atoms with van der Waals surface area (Å²) in [6.07, 6.45) is -3.22. The van der Waals surface area contributed by atoms with Gasteiger partial charge < -0.3 is 0 Å². The summed E-state index contributed by atoms with van der Waals surface area (Å²) in [7, 11) is 0. The summed E-state index contributed by atoms with van der Waals surface area (Å²) >= 11 is -0.0580. The first-order chi connectivity index (χ1) is 26.4. The maximum absolute atomic E-state index is 15.4. The van der Waals surface area contributed by atoms with Crippen LogP contribution in [0.15, 0.2) is 24.3 Å².